The summed E-state index contributed by atoms with van der Waals surface area (Å²) in [4.78, 5) is 26.1. The van der Waals surface area contributed by atoms with E-state index < -0.39 is 58.0 Å². The molecule has 1 unspecified atom stereocenters. The van der Waals surface area contributed by atoms with Crippen molar-refractivity contribution >= 4 is 49.9 Å². The van der Waals surface area contributed by atoms with Gasteiger partial charge in [-0.15, -0.1) is 0 Å². The van der Waals surface area contributed by atoms with Crippen molar-refractivity contribution in [2.24, 2.45) is 0 Å². The van der Waals surface area contributed by atoms with Crippen LogP contribution < -0.4 is 10.6 Å². The number of hydrogen-bond donors (Lipinski definition) is 2. The van der Waals surface area contributed by atoms with Crippen molar-refractivity contribution in [1.82, 2.24) is 15.1 Å². The van der Waals surface area contributed by atoms with Crippen LogP contribution in [0.15, 0.2) is 42.5 Å². The van der Waals surface area contributed by atoms with Crippen LogP contribution in [0.3, 0.4) is 0 Å². The summed E-state index contributed by atoms with van der Waals surface area (Å²) in [7, 11) is -3.38. The predicted octanol–water partition coefficient (Wildman–Crippen LogP) is 5.30. The van der Waals surface area contributed by atoms with Gasteiger partial charge in [0.25, 0.3) is 11.8 Å². The molecule has 1 atom stereocenters. The zero-order valence-corrected chi connectivity index (χ0v) is 24.6. The molecule has 0 aliphatic rings. The fourth-order valence-corrected chi connectivity index (χ4v) is 5.70. The van der Waals surface area contributed by atoms with Gasteiger partial charge < -0.3 is 10.6 Å². The normalized spacial score (nSPS) is 13.1. The minimum atomic E-state index is -5.07. The lowest BCUT2D eigenvalue weighted by atomic mass is 10.0. The second-order valence-corrected chi connectivity index (χ2v) is 12.6. The van der Waals surface area contributed by atoms with Gasteiger partial charge in [-0.2, -0.15) is 31.4 Å². The Balaban J connectivity index is 1.84. The number of sulfone groups is 1. The van der Waals surface area contributed by atoms with Gasteiger partial charge in [0.2, 0.25) is 0 Å². The molecule has 0 aliphatic heterocycles. The molecule has 1 aromatic heterocycles. The molecule has 0 saturated carbocycles. The Labute approximate surface area is 244 Å². The van der Waals surface area contributed by atoms with Crippen LogP contribution in [0.1, 0.15) is 50.2 Å². The molecule has 0 fully saturated rings. The quantitative estimate of drug-likeness (QED) is 0.243. The Morgan fingerprint density at radius 2 is 1.68 bits per heavy atom. The lowest BCUT2D eigenvalue weighted by molar-refractivity contribution is -0.144. The molecule has 2 aromatic carbocycles. The zero-order chi connectivity index (χ0) is 30.9. The number of anilines is 1. The highest BCUT2D eigenvalue weighted by molar-refractivity contribution is 14.1. The average molecular weight is 716 g/mol. The Morgan fingerprint density at radius 1 is 1.02 bits per heavy atom. The number of rotatable bonds is 8. The number of amides is 2. The SMILES string of the molecule is Cc1cc(Cn2nc(C(F)(F)F)cc2C(F)(F)F)ccc1NC(=O)c1cccc(I)c1C(=O)NC(C)CS(C)(=O)=O. The number of carbonyl (C=O) groups is 2. The van der Waals surface area contributed by atoms with Crippen LogP contribution in [0, 0.1) is 10.5 Å². The molecule has 8 nitrogen and oxygen atoms in total. The summed E-state index contributed by atoms with van der Waals surface area (Å²) >= 11 is 1.86. The number of nitrogens with zero attached hydrogens (tertiary/aromatic N) is 2. The summed E-state index contributed by atoms with van der Waals surface area (Å²) in [6.07, 6.45) is -9.11. The van der Waals surface area contributed by atoms with Gasteiger partial charge in [-0.25, -0.2) is 8.42 Å². The fourth-order valence-electron chi connectivity index (χ4n) is 3.97. The van der Waals surface area contributed by atoms with Crippen LogP contribution in [0.5, 0.6) is 0 Å². The second kappa shape index (κ2) is 12.0. The highest BCUT2D eigenvalue weighted by Gasteiger charge is 2.41. The Hall–Kier alpha value is -3.15. The van der Waals surface area contributed by atoms with E-state index in [4.69, 9.17) is 0 Å². The summed E-state index contributed by atoms with van der Waals surface area (Å²) in [5.74, 6) is -1.67. The van der Waals surface area contributed by atoms with Crippen LogP contribution in [0.4, 0.5) is 32.0 Å². The van der Waals surface area contributed by atoms with E-state index in [1.54, 1.807) is 12.1 Å². The van der Waals surface area contributed by atoms with E-state index >= 15 is 0 Å². The lowest BCUT2D eigenvalue weighted by Gasteiger charge is -2.17. The number of aromatic nitrogens is 2. The maximum absolute atomic E-state index is 13.3. The van der Waals surface area contributed by atoms with Crippen molar-refractivity contribution in [1.29, 1.82) is 0 Å². The summed E-state index contributed by atoms with van der Waals surface area (Å²) in [5, 5.41) is 8.27. The Kier molecular flexibility index (Phi) is 9.46. The number of hydrogen-bond acceptors (Lipinski definition) is 5. The molecule has 2 N–H and O–H groups in total. The summed E-state index contributed by atoms with van der Waals surface area (Å²) in [5.41, 5.74) is -2.43. The van der Waals surface area contributed by atoms with Crippen LogP contribution >= 0.6 is 22.6 Å². The number of benzene rings is 2. The second-order valence-electron chi connectivity index (χ2n) is 9.30. The fraction of sp³-hybridized carbons (Fsp3) is 0.320. The van der Waals surface area contributed by atoms with Crippen LogP contribution in [0.2, 0.25) is 0 Å². The number of aryl methyl sites for hydroxylation is 1. The van der Waals surface area contributed by atoms with Gasteiger partial charge in [0.15, 0.2) is 5.69 Å². The van der Waals surface area contributed by atoms with Crippen molar-refractivity contribution < 1.29 is 44.3 Å². The van der Waals surface area contributed by atoms with Gasteiger partial charge in [0, 0.05) is 27.6 Å². The Bertz CT molecular complexity index is 1590. The molecular formula is C25H23F6IN4O4S. The van der Waals surface area contributed by atoms with Crippen LogP contribution in [0.25, 0.3) is 0 Å². The number of nitrogens with one attached hydrogen (secondary N) is 2. The van der Waals surface area contributed by atoms with Crippen LogP contribution in [-0.4, -0.2) is 48.1 Å². The van der Waals surface area contributed by atoms with E-state index in [-0.39, 0.29) is 38.9 Å². The van der Waals surface area contributed by atoms with Gasteiger partial charge in [-0.3, -0.25) is 14.3 Å². The Morgan fingerprint density at radius 3 is 2.24 bits per heavy atom. The number of halogens is 7. The van der Waals surface area contributed by atoms with E-state index in [2.05, 4.69) is 15.7 Å². The van der Waals surface area contributed by atoms with E-state index in [0.717, 1.165) is 6.26 Å². The first-order chi connectivity index (χ1) is 18.8. The molecule has 3 aromatic rings. The van der Waals surface area contributed by atoms with Crippen molar-refractivity contribution in [2.75, 3.05) is 17.3 Å². The molecular weight excluding hydrogens is 693 g/mol. The monoisotopic (exact) mass is 716 g/mol. The third-order valence-electron chi connectivity index (χ3n) is 5.65. The first-order valence-electron chi connectivity index (χ1n) is 11.7. The minimum Gasteiger partial charge on any atom is -0.349 e. The van der Waals surface area contributed by atoms with E-state index in [9.17, 15) is 44.3 Å². The molecule has 41 heavy (non-hydrogen) atoms. The van der Waals surface area contributed by atoms with Gasteiger partial charge in [0.05, 0.1) is 23.4 Å². The summed E-state index contributed by atoms with van der Waals surface area (Å²) in [6.45, 7) is 2.42. The van der Waals surface area contributed by atoms with Crippen molar-refractivity contribution in [2.45, 2.75) is 38.8 Å². The van der Waals surface area contributed by atoms with Crippen molar-refractivity contribution in [3.63, 3.8) is 0 Å². The molecule has 16 heteroatoms. The highest BCUT2D eigenvalue weighted by atomic mass is 127. The highest BCUT2D eigenvalue weighted by Crippen LogP contribution is 2.35. The topological polar surface area (TPSA) is 110 Å². The predicted molar refractivity (Wildman–Crippen MR) is 146 cm³/mol. The smallest absolute Gasteiger partial charge is 0.349 e. The maximum atomic E-state index is 13.3. The molecule has 1 heterocycles. The molecule has 0 spiro atoms. The molecule has 0 aliphatic carbocycles. The van der Waals surface area contributed by atoms with Gasteiger partial charge in [-0.1, -0.05) is 18.2 Å². The third kappa shape index (κ3) is 8.43. The summed E-state index contributed by atoms with van der Waals surface area (Å²) < 4.78 is 103. The minimum absolute atomic E-state index is 0.0130. The standard InChI is InChI=1S/C25H23F6IN4O4S/c1-13-9-15(11-36-20(25(29,30)31)10-19(35-36)24(26,27)28)7-8-18(13)34-22(37)16-5-4-6-17(32)21(16)23(38)33-14(2)12-41(3,39)40/h4-10,14H,11-12H2,1-3H3,(H,33,38)(H,34,37). The average Bonchev–Trinajstić information content (AvgIpc) is 3.24. The molecule has 222 valence electrons. The van der Waals surface area contributed by atoms with Crippen LogP contribution in [-0.2, 0) is 28.7 Å². The first kappa shape index (κ1) is 32.4. The van der Waals surface area contributed by atoms with E-state index in [1.807, 2.05) is 22.6 Å². The van der Waals surface area contributed by atoms with Crippen molar-refractivity contribution in [3.05, 3.63) is 79.7 Å². The molecule has 0 bridgehead atoms. The number of carbonyl (C=O) groups excluding carboxylic acids is 2. The first-order valence-corrected chi connectivity index (χ1v) is 14.8. The van der Waals surface area contributed by atoms with E-state index in [0.29, 0.717) is 9.13 Å². The van der Waals surface area contributed by atoms with Gasteiger partial charge in [0.1, 0.15) is 15.5 Å². The largest absolute Gasteiger partial charge is 0.435 e. The van der Waals surface area contributed by atoms with Crippen molar-refractivity contribution in [3.8, 4) is 0 Å². The van der Waals surface area contributed by atoms with Gasteiger partial charge in [-0.05, 0) is 65.8 Å². The third-order valence-corrected chi connectivity index (χ3v) is 7.65. The maximum Gasteiger partial charge on any atom is 0.435 e. The molecule has 3 rings (SSSR count). The lowest BCUT2D eigenvalue weighted by Crippen LogP contribution is -2.38. The molecule has 0 saturated heterocycles. The van der Waals surface area contributed by atoms with E-state index in [1.165, 1.54) is 38.1 Å². The molecule has 2 amide bonds. The number of alkyl halides is 6. The summed E-state index contributed by atoms with van der Waals surface area (Å²) in [6, 6.07) is 7.81. The zero-order valence-electron chi connectivity index (χ0n) is 21.6. The molecule has 0 radical (unpaired) electrons. The van der Waals surface area contributed by atoms with Gasteiger partial charge >= 0.3 is 12.4 Å².